The van der Waals surface area contributed by atoms with Crippen molar-refractivity contribution in [1.82, 2.24) is 14.8 Å². The molecule has 0 spiro atoms. The van der Waals surface area contributed by atoms with Crippen molar-refractivity contribution in [2.24, 2.45) is 5.92 Å². The lowest BCUT2D eigenvalue weighted by Crippen LogP contribution is -2.40. The van der Waals surface area contributed by atoms with E-state index in [0.717, 1.165) is 17.6 Å². The van der Waals surface area contributed by atoms with Crippen molar-refractivity contribution >= 4 is 16.5 Å². The van der Waals surface area contributed by atoms with Crippen LogP contribution >= 0.6 is 11.3 Å². The first-order valence-electron chi connectivity index (χ1n) is 10.1. The molecule has 1 aliphatic heterocycles. The predicted molar refractivity (Wildman–Crippen MR) is 117 cm³/mol. The minimum atomic E-state index is 0.780. The van der Waals surface area contributed by atoms with Gasteiger partial charge in [-0.3, -0.25) is 0 Å². The van der Waals surface area contributed by atoms with Crippen molar-refractivity contribution in [2.45, 2.75) is 32.7 Å². The van der Waals surface area contributed by atoms with Crippen LogP contribution in [-0.4, -0.2) is 62.1 Å². The quantitative estimate of drug-likeness (QED) is 0.686. The third kappa shape index (κ3) is 6.03. The molecule has 0 unspecified atom stereocenters. The summed E-state index contributed by atoms with van der Waals surface area (Å²) in [4.78, 5) is 13.1. The van der Waals surface area contributed by atoms with E-state index in [1.54, 1.807) is 11.3 Å². The van der Waals surface area contributed by atoms with E-state index in [4.69, 9.17) is 0 Å². The molecule has 1 aromatic carbocycles. The van der Waals surface area contributed by atoms with Gasteiger partial charge < -0.3 is 14.7 Å². The number of anilines is 1. The Hall–Kier alpha value is -1.43. The van der Waals surface area contributed by atoms with Crippen LogP contribution in [0.15, 0.2) is 30.5 Å². The first-order chi connectivity index (χ1) is 13.0. The lowest BCUT2D eigenvalue weighted by Gasteiger charge is -2.34. The number of aryl methyl sites for hydroxylation is 1. The third-order valence-corrected chi connectivity index (χ3v) is 6.63. The van der Waals surface area contributed by atoms with E-state index in [2.05, 4.69) is 72.0 Å². The van der Waals surface area contributed by atoms with Crippen LogP contribution in [0.25, 0.3) is 0 Å². The molecule has 3 rings (SSSR count). The number of nitrogens with zero attached hydrogens (tertiary/aromatic N) is 4. The molecule has 0 amide bonds. The average Bonchev–Trinajstić information content (AvgIpc) is 3.10. The number of hydrogen-bond donors (Lipinski definition) is 0. The second-order valence-corrected chi connectivity index (χ2v) is 9.28. The van der Waals surface area contributed by atoms with Gasteiger partial charge in [-0.2, -0.15) is 0 Å². The van der Waals surface area contributed by atoms with Gasteiger partial charge in [0.05, 0.1) is 0 Å². The van der Waals surface area contributed by atoms with Crippen LogP contribution in [0, 0.1) is 12.8 Å². The van der Waals surface area contributed by atoms with Gasteiger partial charge >= 0.3 is 0 Å². The van der Waals surface area contributed by atoms with E-state index >= 15 is 0 Å². The molecule has 1 atom stereocenters. The van der Waals surface area contributed by atoms with Gasteiger partial charge in [0, 0.05) is 51.3 Å². The molecule has 0 N–H and O–H groups in total. The van der Waals surface area contributed by atoms with Crippen LogP contribution in [0.2, 0.25) is 0 Å². The Morgan fingerprint density at radius 1 is 1.22 bits per heavy atom. The molecule has 1 saturated heterocycles. The number of likely N-dealkylation sites (tertiary alicyclic amines) is 1. The molecule has 0 bridgehead atoms. The van der Waals surface area contributed by atoms with E-state index in [1.807, 2.05) is 6.20 Å². The fourth-order valence-corrected chi connectivity index (χ4v) is 4.93. The van der Waals surface area contributed by atoms with Crippen LogP contribution in [0.5, 0.6) is 0 Å². The summed E-state index contributed by atoms with van der Waals surface area (Å²) in [5.41, 5.74) is 2.92. The van der Waals surface area contributed by atoms with E-state index in [-0.39, 0.29) is 0 Å². The summed E-state index contributed by atoms with van der Waals surface area (Å²) < 4.78 is 0. The molecule has 5 heteroatoms. The second-order valence-electron chi connectivity index (χ2n) is 8.19. The van der Waals surface area contributed by atoms with E-state index < -0.39 is 0 Å². The van der Waals surface area contributed by atoms with Crippen LogP contribution < -0.4 is 4.90 Å². The number of rotatable bonds is 8. The average molecular weight is 387 g/mol. The van der Waals surface area contributed by atoms with Gasteiger partial charge in [0.25, 0.3) is 0 Å². The summed E-state index contributed by atoms with van der Waals surface area (Å²) in [6.07, 6.45) is 5.89. The summed E-state index contributed by atoms with van der Waals surface area (Å²) >= 11 is 1.80. The Bertz CT molecular complexity index is 712. The van der Waals surface area contributed by atoms with E-state index in [1.165, 1.54) is 61.4 Å². The molecule has 0 aliphatic carbocycles. The Morgan fingerprint density at radius 2 is 2.04 bits per heavy atom. The van der Waals surface area contributed by atoms with Crippen LogP contribution in [0.3, 0.4) is 0 Å². The summed E-state index contributed by atoms with van der Waals surface area (Å²) in [6.45, 7) is 8.09. The molecule has 148 valence electrons. The summed E-state index contributed by atoms with van der Waals surface area (Å²) in [6, 6.07) is 8.81. The minimum Gasteiger partial charge on any atom is -0.354 e. The Morgan fingerprint density at radius 3 is 2.78 bits per heavy atom. The maximum atomic E-state index is 4.50. The zero-order valence-corrected chi connectivity index (χ0v) is 18.1. The summed E-state index contributed by atoms with van der Waals surface area (Å²) in [5.74, 6) is 0.780. The first kappa shape index (κ1) is 20.3. The Balaban J connectivity index is 1.45. The zero-order chi connectivity index (χ0) is 19.2. The van der Waals surface area contributed by atoms with E-state index in [0.29, 0.717) is 0 Å². The molecule has 1 aromatic heterocycles. The normalized spacial score (nSPS) is 18.2. The van der Waals surface area contributed by atoms with Gasteiger partial charge in [-0.25, -0.2) is 4.98 Å². The molecule has 0 radical (unpaired) electrons. The highest BCUT2D eigenvalue weighted by molar-refractivity contribution is 7.15. The predicted octanol–water partition coefficient (Wildman–Crippen LogP) is 3.90. The van der Waals surface area contributed by atoms with Crippen molar-refractivity contribution in [3.05, 3.63) is 46.5 Å². The monoisotopic (exact) mass is 386 g/mol. The van der Waals surface area contributed by atoms with Gasteiger partial charge in [0.1, 0.15) is 0 Å². The van der Waals surface area contributed by atoms with Crippen LogP contribution in [0.1, 0.15) is 28.8 Å². The number of hydrogen-bond acceptors (Lipinski definition) is 5. The molecular weight excluding hydrogens is 352 g/mol. The summed E-state index contributed by atoms with van der Waals surface area (Å²) in [5, 5.41) is 1.10. The van der Waals surface area contributed by atoms with Crippen molar-refractivity contribution in [3.8, 4) is 0 Å². The fraction of sp³-hybridized carbons (Fsp3) is 0.591. The topological polar surface area (TPSA) is 22.6 Å². The van der Waals surface area contributed by atoms with Crippen LogP contribution in [-0.2, 0) is 13.0 Å². The van der Waals surface area contributed by atoms with Crippen molar-refractivity contribution in [2.75, 3.05) is 52.2 Å². The number of benzene rings is 1. The molecule has 1 aliphatic rings. The first-order valence-corrected chi connectivity index (χ1v) is 10.9. The van der Waals surface area contributed by atoms with Gasteiger partial charge in [0.2, 0.25) is 0 Å². The maximum absolute atomic E-state index is 4.50. The highest BCUT2D eigenvalue weighted by atomic mass is 32.1. The number of piperidine rings is 1. The fourth-order valence-electron chi connectivity index (χ4n) is 4.02. The third-order valence-electron chi connectivity index (χ3n) is 5.48. The van der Waals surface area contributed by atoms with Crippen molar-refractivity contribution in [1.29, 1.82) is 0 Å². The lowest BCUT2D eigenvalue weighted by atomic mass is 9.96. The second kappa shape index (κ2) is 9.67. The van der Waals surface area contributed by atoms with Crippen LogP contribution in [0.4, 0.5) is 5.13 Å². The molecule has 2 heterocycles. The highest BCUT2D eigenvalue weighted by Gasteiger charge is 2.21. The smallest absolute Gasteiger partial charge is 0.185 e. The SMILES string of the molecule is Cc1ccccc1CCN1CCC[C@@H](CN(C)Cc2cnc(N(C)C)s2)C1. The van der Waals surface area contributed by atoms with Gasteiger partial charge in [-0.15, -0.1) is 11.3 Å². The zero-order valence-electron chi connectivity index (χ0n) is 17.3. The number of thiazole rings is 1. The van der Waals surface area contributed by atoms with E-state index in [9.17, 15) is 0 Å². The number of aromatic nitrogens is 1. The molecule has 27 heavy (non-hydrogen) atoms. The minimum absolute atomic E-state index is 0.780. The molecule has 0 saturated carbocycles. The molecule has 2 aromatic rings. The lowest BCUT2D eigenvalue weighted by molar-refractivity contribution is 0.142. The molecular formula is C22H34N4S. The highest BCUT2D eigenvalue weighted by Crippen LogP contribution is 2.23. The maximum Gasteiger partial charge on any atom is 0.185 e. The van der Waals surface area contributed by atoms with Crippen molar-refractivity contribution < 1.29 is 0 Å². The molecule has 1 fully saturated rings. The standard InChI is InChI=1S/C22H34N4S/c1-18-8-5-6-10-20(18)11-13-26-12-7-9-19(16-26)15-25(4)17-21-14-23-22(27-21)24(2)3/h5-6,8,10,14,19H,7,9,11-13,15-17H2,1-4H3/t19-/m0/s1. The van der Waals surface area contributed by atoms with Gasteiger partial charge in [0.15, 0.2) is 5.13 Å². The largest absolute Gasteiger partial charge is 0.354 e. The van der Waals surface area contributed by atoms with Gasteiger partial charge in [-0.05, 0) is 56.8 Å². The molecule has 4 nitrogen and oxygen atoms in total. The summed E-state index contributed by atoms with van der Waals surface area (Å²) in [7, 11) is 6.36. The Labute approximate surface area is 168 Å². The van der Waals surface area contributed by atoms with Crippen molar-refractivity contribution in [3.63, 3.8) is 0 Å². The Kier molecular flexibility index (Phi) is 7.27. The van der Waals surface area contributed by atoms with Gasteiger partial charge in [-0.1, -0.05) is 24.3 Å².